The summed E-state index contributed by atoms with van der Waals surface area (Å²) in [7, 11) is 0. The van der Waals surface area contributed by atoms with Crippen LogP contribution in [0.3, 0.4) is 0 Å². The Morgan fingerprint density at radius 2 is 2.00 bits per heavy atom. The molecule has 4 heteroatoms. The summed E-state index contributed by atoms with van der Waals surface area (Å²) in [4.78, 5) is 16.1. The van der Waals surface area contributed by atoms with E-state index in [4.69, 9.17) is 4.74 Å². The third kappa shape index (κ3) is 4.70. The fourth-order valence-electron chi connectivity index (χ4n) is 2.98. The smallest absolute Gasteiger partial charge is 0.331 e. The number of rotatable bonds is 7. The molecule has 1 atom stereocenters. The van der Waals surface area contributed by atoms with Crippen molar-refractivity contribution < 1.29 is 14.6 Å². The lowest BCUT2D eigenvalue weighted by molar-refractivity contribution is -0.133. The van der Waals surface area contributed by atoms with Crippen LogP contribution < -0.4 is 4.74 Å². The number of carbonyl (C=O) groups is 1. The predicted octanol–water partition coefficient (Wildman–Crippen LogP) is 4.51. The Morgan fingerprint density at radius 3 is 2.62 bits per heavy atom. The van der Waals surface area contributed by atoms with Crippen molar-refractivity contribution in [1.82, 2.24) is 0 Å². The largest absolute Gasteiger partial charge is 0.484 e. The number of hydrogen-bond donors (Lipinski definition) is 1. The second kappa shape index (κ2) is 8.13. The molecule has 1 aliphatic carbocycles. The topological polar surface area (TPSA) is 58.9 Å². The van der Waals surface area contributed by atoms with Gasteiger partial charge in [0.05, 0.1) is 5.71 Å². The van der Waals surface area contributed by atoms with Gasteiger partial charge in [-0.3, -0.25) is 4.99 Å². The van der Waals surface area contributed by atoms with E-state index in [1.807, 2.05) is 44.2 Å². The first-order valence-corrected chi connectivity index (χ1v) is 8.64. The zero-order valence-electron chi connectivity index (χ0n) is 14.8. The minimum Gasteiger partial charge on any atom is -0.484 e. The molecular formula is C20H27NO3. The van der Waals surface area contributed by atoms with Gasteiger partial charge in [0.2, 0.25) is 0 Å². The molecule has 0 fully saturated rings. The molecule has 0 saturated heterocycles. The molecule has 2 rings (SSSR count). The molecular weight excluding hydrogens is 302 g/mol. The van der Waals surface area contributed by atoms with Crippen LogP contribution in [0.25, 0.3) is 0 Å². The van der Waals surface area contributed by atoms with E-state index in [1.54, 1.807) is 6.08 Å². The highest BCUT2D eigenvalue weighted by atomic mass is 16.5. The van der Waals surface area contributed by atoms with E-state index in [1.165, 1.54) is 0 Å². The Kier molecular flexibility index (Phi) is 6.18. The normalized spacial score (nSPS) is 21.4. The molecule has 0 aromatic heterocycles. The van der Waals surface area contributed by atoms with Gasteiger partial charge in [-0.05, 0) is 31.1 Å². The van der Waals surface area contributed by atoms with E-state index in [-0.39, 0.29) is 11.5 Å². The van der Waals surface area contributed by atoms with Gasteiger partial charge in [0.15, 0.2) is 0 Å². The van der Waals surface area contributed by atoms with E-state index in [9.17, 15) is 9.90 Å². The highest BCUT2D eigenvalue weighted by molar-refractivity contribution is 6.06. The van der Waals surface area contributed by atoms with Gasteiger partial charge in [0.25, 0.3) is 0 Å². The molecule has 4 nitrogen and oxygen atoms in total. The molecule has 0 spiro atoms. The number of carboxylic acid groups (broad SMARTS) is 1. The lowest BCUT2D eigenvalue weighted by atomic mass is 9.74. The summed E-state index contributed by atoms with van der Waals surface area (Å²) >= 11 is 0. The van der Waals surface area contributed by atoms with Gasteiger partial charge in [-0.1, -0.05) is 51.8 Å². The first kappa shape index (κ1) is 18.2. The van der Waals surface area contributed by atoms with Crippen molar-refractivity contribution in [1.29, 1.82) is 0 Å². The third-order valence-electron chi connectivity index (χ3n) is 4.27. The number of nitrogens with zero attached hydrogens (tertiary/aromatic N) is 1. The number of unbranched alkanes of at least 4 members (excludes halogenated alkanes) is 2. The third-order valence-corrected chi connectivity index (χ3v) is 4.27. The summed E-state index contributed by atoms with van der Waals surface area (Å²) in [5, 5.41) is 9.41. The van der Waals surface area contributed by atoms with Crippen LogP contribution in [0.15, 0.2) is 47.0 Å². The zero-order valence-corrected chi connectivity index (χ0v) is 14.8. The van der Waals surface area contributed by atoms with Crippen LogP contribution >= 0.6 is 0 Å². The standard InChI is InChI=1S/C20H27NO3/c1-4-5-9-12-21-17-13-15(19(22)23)14-20(2,3)18(17)24-16-10-7-6-8-11-16/h6-8,10-11,13,18H,4-5,9,12,14H2,1-3H3,(H,22,23). The van der Waals surface area contributed by atoms with Crippen molar-refractivity contribution in [3.63, 3.8) is 0 Å². The Balaban J connectivity index is 2.29. The fraction of sp³-hybridized carbons (Fsp3) is 0.500. The molecule has 0 saturated carbocycles. The van der Waals surface area contributed by atoms with Gasteiger partial charge in [-0.2, -0.15) is 0 Å². The summed E-state index contributed by atoms with van der Waals surface area (Å²) in [6, 6.07) is 9.65. The molecule has 0 heterocycles. The molecule has 0 amide bonds. The Morgan fingerprint density at radius 1 is 1.29 bits per heavy atom. The zero-order chi connectivity index (χ0) is 17.6. The number of carboxylic acids is 1. The van der Waals surface area contributed by atoms with E-state index in [0.29, 0.717) is 18.5 Å². The van der Waals surface area contributed by atoms with Crippen molar-refractivity contribution in [2.75, 3.05) is 6.54 Å². The molecule has 0 bridgehead atoms. The van der Waals surface area contributed by atoms with Crippen molar-refractivity contribution in [2.24, 2.45) is 10.4 Å². The summed E-state index contributed by atoms with van der Waals surface area (Å²) in [5.74, 6) is -0.0912. The van der Waals surface area contributed by atoms with E-state index >= 15 is 0 Å². The minimum absolute atomic E-state index is 0.246. The number of hydrogen-bond acceptors (Lipinski definition) is 3. The van der Waals surface area contributed by atoms with Crippen LogP contribution in [0.5, 0.6) is 5.75 Å². The Hall–Kier alpha value is -2.10. The predicted molar refractivity (Wildman–Crippen MR) is 96.8 cm³/mol. The molecule has 1 unspecified atom stereocenters. The average molecular weight is 329 g/mol. The molecule has 1 aromatic rings. The van der Waals surface area contributed by atoms with Crippen molar-refractivity contribution in [3.05, 3.63) is 42.0 Å². The van der Waals surface area contributed by atoms with Crippen LogP contribution in [0, 0.1) is 5.41 Å². The maximum atomic E-state index is 11.5. The van der Waals surface area contributed by atoms with Gasteiger partial charge >= 0.3 is 5.97 Å². The molecule has 1 aliphatic rings. The molecule has 0 radical (unpaired) electrons. The summed E-state index contributed by atoms with van der Waals surface area (Å²) < 4.78 is 6.20. The lowest BCUT2D eigenvalue weighted by Crippen LogP contribution is -2.44. The summed E-state index contributed by atoms with van der Waals surface area (Å²) in [5.41, 5.74) is 0.813. The fourth-order valence-corrected chi connectivity index (χ4v) is 2.98. The quantitative estimate of drug-likeness (QED) is 0.749. The number of benzene rings is 1. The van der Waals surface area contributed by atoms with Gasteiger partial charge in [0.1, 0.15) is 11.9 Å². The SMILES string of the molecule is CCCCCN=C1C=C(C(=O)O)CC(C)(C)C1Oc1ccccc1. The lowest BCUT2D eigenvalue weighted by Gasteiger charge is -2.38. The monoisotopic (exact) mass is 329 g/mol. The van der Waals surface area contributed by atoms with Crippen molar-refractivity contribution >= 4 is 11.7 Å². The number of aliphatic imine (C=N–C) groups is 1. The van der Waals surface area contributed by atoms with Gasteiger partial charge in [0, 0.05) is 17.5 Å². The van der Waals surface area contributed by atoms with Crippen LogP contribution in [-0.2, 0) is 4.79 Å². The minimum atomic E-state index is -0.873. The average Bonchev–Trinajstić information content (AvgIpc) is 2.54. The molecule has 1 N–H and O–H groups in total. The van der Waals surface area contributed by atoms with Crippen LogP contribution in [0.1, 0.15) is 46.5 Å². The first-order valence-electron chi connectivity index (χ1n) is 8.64. The van der Waals surface area contributed by atoms with Gasteiger partial charge < -0.3 is 9.84 Å². The van der Waals surface area contributed by atoms with E-state index in [0.717, 1.165) is 30.7 Å². The summed E-state index contributed by atoms with van der Waals surface area (Å²) in [6.07, 6.45) is 5.19. The number of para-hydroxylation sites is 1. The highest BCUT2D eigenvalue weighted by Crippen LogP contribution is 2.37. The number of aliphatic carboxylic acids is 1. The van der Waals surface area contributed by atoms with E-state index < -0.39 is 5.97 Å². The Bertz CT molecular complexity index is 617. The van der Waals surface area contributed by atoms with Crippen LogP contribution in [-0.4, -0.2) is 29.4 Å². The van der Waals surface area contributed by atoms with Crippen LogP contribution in [0.2, 0.25) is 0 Å². The molecule has 130 valence electrons. The Labute approximate surface area is 144 Å². The van der Waals surface area contributed by atoms with Gasteiger partial charge in [-0.15, -0.1) is 0 Å². The van der Waals surface area contributed by atoms with Crippen LogP contribution in [0.4, 0.5) is 0 Å². The first-order chi connectivity index (χ1) is 11.4. The number of ether oxygens (including phenoxy) is 1. The second-order valence-electron chi connectivity index (χ2n) is 6.96. The second-order valence-corrected chi connectivity index (χ2v) is 6.96. The van der Waals surface area contributed by atoms with E-state index in [2.05, 4.69) is 11.9 Å². The maximum absolute atomic E-state index is 11.5. The molecule has 24 heavy (non-hydrogen) atoms. The summed E-state index contributed by atoms with van der Waals surface area (Å²) in [6.45, 7) is 6.94. The van der Waals surface area contributed by atoms with Crippen molar-refractivity contribution in [3.8, 4) is 5.75 Å². The maximum Gasteiger partial charge on any atom is 0.331 e. The highest BCUT2D eigenvalue weighted by Gasteiger charge is 2.40. The van der Waals surface area contributed by atoms with Gasteiger partial charge in [-0.25, -0.2) is 4.79 Å². The molecule has 1 aromatic carbocycles. The van der Waals surface area contributed by atoms with Crippen molar-refractivity contribution in [2.45, 2.75) is 52.6 Å². The molecule has 0 aliphatic heterocycles.